The van der Waals surface area contributed by atoms with E-state index >= 15 is 0 Å². The highest BCUT2D eigenvalue weighted by Crippen LogP contribution is 2.13. The number of aliphatic hydroxyl groups excluding tert-OH is 1. The van der Waals surface area contributed by atoms with E-state index in [1.165, 1.54) is 7.05 Å². The van der Waals surface area contributed by atoms with Crippen molar-refractivity contribution in [3.8, 4) is 0 Å². The smallest absolute Gasteiger partial charge is 0.329 e. The molecule has 0 aliphatic carbocycles. The van der Waals surface area contributed by atoms with Gasteiger partial charge in [-0.3, -0.25) is 14.6 Å². The maximum atomic E-state index is 11.0. The highest BCUT2D eigenvalue weighted by atomic mass is 16.6. The maximum Gasteiger partial charge on any atom is 0.329 e. The number of hydrogen-bond donors (Lipinski definition) is 1. The predicted octanol–water partition coefficient (Wildman–Crippen LogP) is -0.748. The number of amides is 3. The summed E-state index contributed by atoms with van der Waals surface area (Å²) in [5, 5.41) is 8.67. The molecule has 2 rings (SSSR count). The number of nitrogens with zero attached hydrogens (tertiary/aromatic N) is 2. The normalized spacial score (nSPS) is 24.8. The van der Waals surface area contributed by atoms with Gasteiger partial charge in [-0.15, -0.1) is 0 Å². The van der Waals surface area contributed by atoms with E-state index < -0.39 is 18.8 Å². The first-order valence-corrected chi connectivity index (χ1v) is 5.44. The van der Waals surface area contributed by atoms with Crippen LogP contribution in [0.3, 0.4) is 0 Å². The molecule has 2 aliphatic heterocycles. The third kappa shape index (κ3) is 3.39. The Hall–Kier alpha value is -1.18. The van der Waals surface area contributed by atoms with Crippen LogP contribution in [0, 0.1) is 0 Å². The van der Waals surface area contributed by atoms with Crippen molar-refractivity contribution in [3.63, 3.8) is 0 Å². The van der Waals surface area contributed by atoms with Gasteiger partial charge in [-0.25, -0.2) is 4.79 Å². The topological polar surface area (TPSA) is 79.3 Å². The molecule has 2 aliphatic rings. The fourth-order valence-electron chi connectivity index (χ4n) is 1.49. The largest absolute Gasteiger partial charge is 0.377 e. The molecule has 98 valence electrons. The second-order valence-electron chi connectivity index (χ2n) is 3.69. The van der Waals surface area contributed by atoms with Gasteiger partial charge in [0.25, 0.3) is 5.91 Å². The number of imide groups is 1. The molecule has 1 N–H and O–H groups in total. The van der Waals surface area contributed by atoms with Crippen LogP contribution in [0.5, 0.6) is 0 Å². The van der Waals surface area contributed by atoms with E-state index in [0.717, 1.165) is 36.2 Å². The van der Waals surface area contributed by atoms with Crippen molar-refractivity contribution in [1.29, 1.82) is 0 Å². The minimum Gasteiger partial charge on any atom is -0.377 e. The Morgan fingerprint density at radius 2 is 1.71 bits per heavy atom. The van der Waals surface area contributed by atoms with Crippen LogP contribution in [0.1, 0.15) is 6.92 Å². The number of carbonyl (C=O) groups excluding carboxylic acids is 2. The Morgan fingerprint density at radius 1 is 1.24 bits per heavy atom. The molecule has 0 radical (unpaired) electrons. The number of urea groups is 1. The zero-order valence-electron chi connectivity index (χ0n) is 10.1. The van der Waals surface area contributed by atoms with Gasteiger partial charge in [0, 0.05) is 7.05 Å². The molecule has 0 bridgehead atoms. The lowest BCUT2D eigenvalue weighted by Gasteiger charge is -2.13. The van der Waals surface area contributed by atoms with Crippen molar-refractivity contribution in [2.75, 3.05) is 40.2 Å². The summed E-state index contributed by atoms with van der Waals surface area (Å²) < 4.78 is 9.89. The summed E-state index contributed by atoms with van der Waals surface area (Å²) in [4.78, 5) is 24.2. The van der Waals surface area contributed by atoms with E-state index in [9.17, 15) is 9.59 Å². The first-order chi connectivity index (χ1) is 8.09. The summed E-state index contributed by atoms with van der Waals surface area (Å²) in [6.07, 6.45) is 0. The molecular weight excluding hydrogens is 228 g/mol. The Morgan fingerprint density at radius 3 is 1.88 bits per heavy atom. The number of aliphatic hydroxyl groups is 1. The van der Waals surface area contributed by atoms with Gasteiger partial charge in [0.15, 0.2) is 0 Å². The molecule has 3 amide bonds. The van der Waals surface area contributed by atoms with Crippen LogP contribution in [0.15, 0.2) is 0 Å². The molecule has 0 spiro atoms. The molecule has 2 fully saturated rings. The van der Waals surface area contributed by atoms with E-state index in [1.54, 1.807) is 6.92 Å². The van der Waals surface area contributed by atoms with Gasteiger partial charge >= 0.3 is 6.03 Å². The third-order valence-electron chi connectivity index (χ3n) is 2.58. The minimum absolute atomic E-state index is 0.274. The summed E-state index contributed by atoms with van der Waals surface area (Å²) >= 11 is 0. The van der Waals surface area contributed by atoms with E-state index in [1.807, 2.05) is 0 Å². The van der Waals surface area contributed by atoms with Crippen molar-refractivity contribution < 1.29 is 24.2 Å². The first kappa shape index (κ1) is 13.9. The molecule has 0 aromatic carbocycles. The zero-order valence-corrected chi connectivity index (χ0v) is 10.1. The Bertz CT molecular complexity index is 268. The Balaban J connectivity index is 0.000000202. The van der Waals surface area contributed by atoms with Gasteiger partial charge in [0.05, 0.1) is 26.4 Å². The molecule has 7 heteroatoms. The number of likely N-dealkylation sites (N-methyl/N-ethyl adjacent to an activating group) is 1. The first-order valence-electron chi connectivity index (χ1n) is 5.44. The van der Waals surface area contributed by atoms with Crippen LogP contribution in [0.25, 0.3) is 0 Å². The van der Waals surface area contributed by atoms with Gasteiger partial charge in [-0.1, -0.05) is 0 Å². The fraction of sp³-hybridized carbons (Fsp3) is 0.800. The minimum atomic E-state index is -0.530. The molecule has 0 saturated carbocycles. The van der Waals surface area contributed by atoms with E-state index in [-0.39, 0.29) is 5.91 Å². The van der Waals surface area contributed by atoms with Crippen molar-refractivity contribution in [3.05, 3.63) is 0 Å². The summed E-state index contributed by atoms with van der Waals surface area (Å²) in [5.74, 6) is -0.274. The van der Waals surface area contributed by atoms with Crippen molar-refractivity contribution in [2.24, 2.45) is 0 Å². The van der Waals surface area contributed by atoms with E-state index in [4.69, 9.17) is 14.6 Å². The number of hydrogen-bond acceptors (Lipinski definition) is 5. The Labute approximate surface area is 99.9 Å². The van der Waals surface area contributed by atoms with Crippen molar-refractivity contribution >= 4 is 11.9 Å². The second kappa shape index (κ2) is 6.53. The number of carbonyl (C=O) groups is 2. The second-order valence-corrected chi connectivity index (χ2v) is 3.69. The molecule has 0 aromatic rings. The van der Waals surface area contributed by atoms with E-state index in [2.05, 4.69) is 0 Å². The summed E-state index contributed by atoms with van der Waals surface area (Å²) in [7, 11) is 1.40. The summed E-state index contributed by atoms with van der Waals surface area (Å²) in [6, 6.07) is -0.970. The predicted molar refractivity (Wildman–Crippen MR) is 58.2 cm³/mol. The monoisotopic (exact) mass is 246 g/mol. The van der Waals surface area contributed by atoms with Gasteiger partial charge in [0.2, 0.25) is 0 Å². The van der Waals surface area contributed by atoms with Gasteiger partial charge in [-0.05, 0) is 6.92 Å². The quantitative estimate of drug-likeness (QED) is 0.616. The lowest BCUT2D eigenvalue weighted by atomic mass is 10.3. The van der Waals surface area contributed by atoms with Crippen LogP contribution in [0.2, 0.25) is 0 Å². The highest BCUT2D eigenvalue weighted by Gasteiger charge is 2.39. The third-order valence-corrected chi connectivity index (χ3v) is 2.58. The molecule has 17 heavy (non-hydrogen) atoms. The lowest BCUT2D eigenvalue weighted by Crippen LogP contribution is -2.33. The molecule has 7 nitrogen and oxygen atoms in total. The summed E-state index contributed by atoms with van der Waals surface area (Å²) in [5.41, 5.74) is 0. The van der Waals surface area contributed by atoms with Crippen molar-refractivity contribution in [2.45, 2.75) is 13.0 Å². The van der Waals surface area contributed by atoms with Crippen molar-refractivity contribution in [1.82, 2.24) is 9.80 Å². The SMILES string of the molecule is C1COCCO1.CC1C(=O)N(C)C(=O)N1CO. The van der Waals surface area contributed by atoms with Crippen LogP contribution in [-0.4, -0.2) is 73.1 Å². The van der Waals surface area contributed by atoms with Gasteiger partial charge < -0.3 is 14.6 Å². The summed E-state index contributed by atoms with van der Waals surface area (Å²) in [6.45, 7) is 4.29. The van der Waals surface area contributed by atoms with Crippen LogP contribution in [-0.2, 0) is 14.3 Å². The molecule has 0 aromatic heterocycles. The van der Waals surface area contributed by atoms with Crippen LogP contribution in [0.4, 0.5) is 4.79 Å². The van der Waals surface area contributed by atoms with E-state index in [0.29, 0.717) is 0 Å². The lowest BCUT2D eigenvalue weighted by molar-refractivity contribution is -0.127. The maximum absolute atomic E-state index is 11.0. The van der Waals surface area contributed by atoms with Gasteiger partial charge in [-0.2, -0.15) is 0 Å². The average Bonchev–Trinajstić information content (AvgIpc) is 2.57. The van der Waals surface area contributed by atoms with Crippen LogP contribution >= 0.6 is 0 Å². The molecular formula is C10H18N2O5. The zero-order chi connectivity index (χ0) is 12.8. The molecule has 1 unspecified atom stereocenters. The van der Waals surface area contributed by atoms with Gasteiger partial charge in [0.1, 0.15) is 12.8 Å². The number of ether oxygens (including phenoxy) is 2. The average molecular weight is 246 g/mol. The molecule has 2 saturated heterocycles. The molecule has 1 atom stereocenters. The fourth-order valence-corrected chi connectivity index (χ4v) is 1.49. The van der Waals surface area contributed by atoms with Crippen LogP contribution < -0.4 is 0 Å². The highest BCUT2D eigenvalue weighted by molar-refractivity contribution is 6.03. The number of rotatable bonds is 1. The standard InChI is InChI=1S/C6H10N2O3.C4H8O2/c1-4-5(10)7(2)6(11)8(4)3-9;1-2-6-4-3-5-1/h4,9H,3H2,1-2H3;1-4H2. The Kier molecular flexibility index (Phi) is 5.33. The molecule has 2 heterocycles.